The van der Waals surface area contributed by atoms with Crippen LogP contribution in [0.5, 0.6) is 5.75 Å². The Bertz CT molecular complexity index is 583. The van der Waals surface area contributed by atoms with Crippen LogP contribution in [0.4, 0.5) is 5.69 Å². The highest BCUT2D eigenvalue weighted by atomic mass is 35.5. The van der Waals surface area contributed by atoms with Gasteiger partial charge < -0.3 is 10.1 Å². The smallest absolute Gasteiger partial charge is 0.265 e. The van der Waals surface area contributed by atoms with Crippen LogP contribution in [0, 0.1) is 0 Å². The monoisotopic (exact) mass is 309 g/mol. The predicted molar refractivity (Wildman–Crippen MR) is 84.3 cm³/mol. The van der Waals surface area contributed by atoms with Gasteiger partial charge in [-0.15, -0.1) is 22.9 Å². The van der Waals surface area contributed by atoms with Gasteiger partial charge in [0, 0.05) is 23.0 Å². The lowest BCUT2D eigenvalue weighted by Crippen LogP contribution is -2.10. The minimum atomic E-state index is -0.118. The van der Waals surface area contributed by atoms with E-state index in [9.17, 15) is 4.79 Å². The summed E-state index contributed by atoms with van der Waals surface area (Å²) in [6.07, 6.45) is 1.85. The van der Waals surface area contributed by atoms with E-state index in [0.29, 0.717) is 16.5 Å². The van der Waals surface area contributed by atoms with Crippen LogP contribution in [0.25, 0.3) is 0 Å². The molecule has 0 spiro atoms. The maximum absolute atomic E-state index is 12.1. The SMILES string of the molecule is COc1csc(C(=O)Nc2cccc(CCCCl)c2)c1. The molecule has 1 amide bonds. The number of amides is 1. The number of hydrogen-bond acceptors (Lipinski definition) is 3. The van der Waals surface area contributed by atoms with Crippen LogP contribution >= 0.6 is 22.9 Å². The normalized spacial score (nSPS) is 10.3. The lowest BCUT2D eigenvalue weighted by molar-refractivity contribution is 0.103. The molecule has 0 saturated heterocycles. The van der Waals surface area contributed by atoms with E-state index in [1.165, 1.54) is 16.9 Å². The number of benzene rings is 1. The van der Waals surface area contributed by atoms with Crippen molar-refractivity contribution < 1.29 is 9.53 Å². The zero-order valence-corrected chi connectivity index (χ0v) is 12.8. The molecule has 2 aromatic rings. The molecule has 0 aliphatic heterocycles. The average Bonchev–Trinajstić information content (AvgIpc) is 2.94. The van der Waals surface area contributed by atoms with E-state index in [2.05, 4.69) is 5.32 Å². The summed E-state index contributed by atoms with van der Waals surface area (Å²) in [4.78, 5) is 12.7. The topological polar surface area (TPSA) is 38.3 Å². The predicted octanol–water partition coefficient (Wildman–Crippen LogP) is 4.18. The molecule has 0 aliphatic rings. The molecule has 1 aromatic carbocycles. The van der Waals surface area contributed by atoms with Crippen LogP contribution in [-0.2, 0) is 6.42 Å². The number of carbonyl (C=O) groups is 1. The van der Waals surface area contributed by atoms with Crippen molar-refractivity contribution in [2.45, 2.75) is 12.8 Å². The van der Waals surface area contributed by atoms with Gasteiger partial charge in [0.25, 0.3) is 5.91 Å². The quantitative estimate of drug-likeness (QED) is 0.813. The largest absolute Gasteiger partial charge is 0.496 e. The van der Waals surface area contributed by atoms with Gasteiger partial charge in [0.2, 0.25) is 0 Å². The standard InChI is InChI=1S/C15H16ClNO2S/c1-19-13-9-14(20-10-13)15(18)17-12-6-2-4-11(8-12)5-3-7-16/h2,4,6,8-10H,3,5,7H2,1H3,(H,17,18). The van der Waals surface area contributed by atoms with Crippen molar-refractivity contribution in [2.24, 2.45) is 0 Å². The number of carbonyl (C=O) groups excluding carboxylic acids is 1. The first-order valence-corrected chi connectivity index (χ1v) is 7.73. The van der Waals surface area contributed by atoms with Crippen LogP contribution < -0.4 is 10.1 Å². The van der Waals surface area contributed by atoms with Crippen molar-refractivity contribution in [3.05, 3.63) is 46.2 Å². The zero-order valence-electron chi connectivity index (χ0n) is 11.2. The Labute approximate surface area is 127 Å². The van der Waals surface area contributed by atoms with E-state index in [4.69, 9.17) is 16.3 Å². The summed E-state index contributed by atoms with van der Waals surface area (Å²) in [5, 5.41) is 4.71. The van der Waals surface area contributed by atoms with Gasteiger partial charge in [-0.1, -0.05) is 12.1 Å². The highest BCUT2D eigenvalue weighted by molar-refractivity contribution is 7.12. The third-order valence-corrected chi connectivity index (χ3v) is 3.99. The Morgan fingerprint density at radius 2 is 2.25 bits per heavy atom. The van der Waals surface area contributed by atoms with Gasteiger partial charge in [-0.3, -0.25) is 4.79 Å². The van der Waals surface area contributed by atoms with Gasteiger partial charge >= 0.3 is 0 Å². The lowest BCUT2D eigenvalue weighted by Gasteiger charge is -2.06. The molecular weight excluding hydrogens is 294 g/mol. The Balaban J connectivity index is 2.03. The Morgan fingerprint density at radius 3 is 2.95 bits per heavy atom. The van der Waals surface area contributed by atoms with E-state index in [1.54, 1.807) is 13.2 Å². The second-order valence-corrected chi connectivity index (χ2v) is 5.59. The van der Waals surface area contributed by atoms with E-state index >= 15 is 0 Å². The highest BCUT2D eigenvalue weighted by Crippen LogP contribution is 2.22. The molecule has 20 heavy (non-hydrogen) atoms. The van der Waals surface area contributed by atoms with E-state index in [-0.39, 0.29) is 5.91 Å². The summed E-state index contributed by atoms with van der Waals surface area (Å²) in [6.45, 7) is 0. The van der Waals surface area contributed by atoms with Crippen molar-refractivity contribution in [3.8, 4) is 5.75 Å². The molecule has 0 aliphatic carbocycles. The number of alkyl halides is 1. The van der Waals surface area contributed by atoms with E-state index in [0.717, 1.165) is 18.5 Å². The molecule has 0 bridgehead atoms. The number of aryl methyl sites for hydroxylation is 1. The molecule has 0 unspecified atom stereocenters. The third kappa shape index (κ3) is 3.99. The summed E-state index contributed by atoms with van der Waals surface area (Å²) >= 11 is 7.06. The van der Waals surface area contributed by atoms with E-state index < -0.39 is 0 Å². The van der Waals surface area contributed by atoms with Crippen molar-refractivity contribution >= 4 is 34.5 Å². The number of nitrogens with one attached hydrogen (secondary N) is 1. The van der Waals surface area contributed by atoms with Crippen molar-refractivity contribution in [3.63, 3.8) is 0 Å². The molecule has 3 nitrogen and oxygen atoms in total. The molecule has 0 fully saturated rings. The molecule has 0 atom stereocenters. The van der Waals surface area contributed by atoms with Crippen LogP contribution in [-0.4, -0.2) is 18.9 Å². The fourth-order valence-electron chi connectivity index (χ4n) is 1.81. The maximum Gasteiger partial charge on any atom is 0.265 e. The lowest BCUT2D eigenvalue weighted by atomic mass is 10.1. The van der Waals surface area contributed by atoms with Crippen molar-refractivity contribution in [1.29, 1.82) is 0 Å². The number of thiophene rings is 1. The minimum Gasteiger partial charge on any atom is -0.496 e. The first kappa shape index (κ1) is 14.9. The van der Waals surface area contributed by atoms with Crippen LogP contribution in [0.15, 0.2) is 35.7 Å². The summed E-state index contributed by atoms with van der Waals surface area (Å²) in [7, 11) is 1.59. The molecule has 0 saturated carbocycles. The second kappa shape index (κ2) is 7.31. The minimum absolute atomic E-state index is 0.118. The highest BCUT2D eigenvalue weighted by Gasteiger charge is 2.10. The summed E-state index contributed by atoms with van der Waals surface area (Å²) in [6, 6.07) is 9.57. The molecular formula is C15H16ClNO2S. The molecule has 1 heterocycles. The van der Waals surface area contributed by atoms with Gasteiger partial charge in [0.15, 0.2) is 0 Å². The van der Waals surface area contributed by atoms with Gasteiger partial charge in [0.1, 0.15) is 5.75 Å². The van der Waals surface area contributed by atoms with Crippen molar-refractivity contribution in [1.82, 2.24) is 0 Å². The van der Waals surface area contributed by atoms with Gasteiger partial charge in [-0.05, 0) is 30.5 Å². The van der Waals surface area contributed by atoms with Crippen LogP contribution in [0.2, 0.25) is 0 Å². The number of rotatable bonds is 6. The average molecular weight is 310 g/mol. The van der Waals surface area contributed by atoms with Crippen molar-refractivity contribution in [2.75, 3.05) is 18.3 Å². The third-order valence-electron chi connectivity index (χ3n) is 2.82. The van der Waals surface area contributed by atoms with Gasteiger partial charge in [-0.2, -0.15) is 0 Å². The Hall–Kier alpha value is -1.52. The zero-order chi connectivity index (χ0) is 14.4. The second-order valence-electron chi connectivity index (χ2n) is 4.30. The fraction of sp³-hybridized carbons (Fsp3) is 0.267. The Morgan fingerprint density at radius 1 is 1.40 bits per heavy atom. The number of ether oxygens (including phenoxy) is 1. The summed E-state index contributed by atoms with van der Waals surface area (Å²) in [5.74, 6) is 1.23. The van der Waals surface area contributed by atoms with Crippen LogP contribution in [0.1, 0.15) is 21.7 Å². The number of anilines is 1. The first-order chi connectivity index (χ1) is 9.72. The van der Waals surface area contributed by atoms with Gasteiger partial charge in [0.05, 0.1) is 12.0 Å². The summed E-state index contributed by atoms with van der Waals surface area (Å²) in [5.41, 5.74) is 1.97. The number of methoxy groups -OCH3 is 1. The molecule has 2 rings (SSSR count). The first-order valence-electron chi connectivity index (χ1n) is 6.31. The summed E-state index contributed by atoms with van der Waals surface area (Å²) < 4.78 is 5.08. The van der Waals surface area contributed by atoms with E-state index in [1.807, 2.05) is 29.6 Å². The molecule has 1 aromatic heterocycles. The van der Waals surface area contributed by atoms with Gasteiger partial charge in [-0.25, -0.2) is 0 Å². The fourth-order valence-corrected chi connectivity index (χ4v) is 2.70. The number of halogens is 1. The molecule has 1 N–H and O–H groups in total. The molecule has 5 heteroatoms. The van der Waals surface area contributed by atoms with Crippen LogP contribution in [0.3, 0.4) is 0 Å². The number of hydrogen-bond donors (Lipinski definition) is 1. The molecule has 106 valence electrons. The maximum atomic E-state index is 12.1. The Kier molecular flexibility index (Phi) is 5.44. The molecule has 0 radical (unpaired) electrons.